The van der Waals surface area contributed by atoms with E-state index in [9.17, 15) is 18.3 Å². The number of fused-ring (bicyclic) bond motifs is 1. The molecule has 1 aliphatic rings. The monoisotopic (exact) mass is 348 g/mol. The zero-order valence-corrected chi connectivity index (χ0v) is 13.0. The number of alkyl halides is 3. The van der Waals surface area contributed by atoms with E-state index < -0.39 is 18.4 Å². The van der Waals surface area contributed by atoms with Gasteiger partial charge in [0, 0.05) is 17.8 Å². The topological polar surface area (TPSA) is 77.2 Å². The predicted octanol–water partition coefficient (Wildman–Crippen LogP) is 3.86. The van der Waals surface area contributed by atoms with E-state index in [-0.39, 0.29) is 11.5 Å². The van der Waals surface area contributed by atoms with Crippen LogP contribution in [0.25, 0.3) is 0 Å². The van der Waals surface area contributed by atoms with E-state index in [1.807, 2.05) is 6.07 Å². The normalized spacial score (nSPS) is 17.9. The molecule has 0 saturated heterocycles. The fourth-order valence-corrected chi connectivity index (χ4v) is 3.04. The summed E-state index contributed by atoms with van der Waals surface area (Å²) in [4.78, 5) is 0. The smallest absolute Gasteiger partial charge is 0.406 e. The summed E-state index contributed by atoms with van der Waals surface area (Å²) in [6.45, 7) is 0. The molecule has 0 radical (unpaired) electrons. The van der Waals surface area contributed by atoms with Crippen LogP contribution in [0.5, 0.6) is 5.75 Å². The first kappa shape index (κ1) is 17.2. The summed E-state index contributed by atoms with van der Waals surface area (Å²) in [7, 11) is 0. The van der Waals surface area contributed by atoms with Crippen molar-refractivity contribution in [1.29, 1.82) is 10.8 Å². The van der Waals surface area contributed by atoms with E-state index in [0.29, 0.717) is 12.0 Å². The maximum Gasteiger partial charge on any atom is 0.573 e. The zero-order chi connectivity index (χ0) is 18.2. The quantitative estimate of drug-likeness (QED) is 0.734. The molecule has 2 unspecified atom stereocenters. The molecule has 7 heteroatoms. The molecule has 0 heterocycles. The van der Waals surface area contributed by atoms with Crippen molar-refractivity contribution in [2.24, 2.45) is 5.92 Å². The predicted molar refractivity (Wildman–Crippen MR) is 86.4 cm³/mol. The lowest BCUT2D eigenvalue weighted by Gasteiger charge is -2.19. The first-order valence-corrected chi connectivity index (χ1v) is 7.54. The number of aliphatic hydroxyl groups is 1. The average Bonchev–Trinajstić information content (AvgIpc) is 2.89. The van der Waals surface area contributed by atoms with Crippen molar-refractivity contribution in [3.8, 4) is 5.75 Å². The molecule has 3 rings (SSSR count). The molecule has 0 fully saturated rings. The van der Waals surface area contributed by atoms with Gasteiger partial charge in [0.25, 0.3) is 0 Å². The highest BCUT2D eigenvalue weighted by Crippen LogP contribution is 2.36. The van der Waals surface area contributed by atoms with Gasteiger partial charge in [0.15, 0.2) is 0 Å². The summed E-state index contributed by atoms with van der Waals surface area (Å²) >= 11 is 0. The summed E-state index contributed by atoms with van der Waals surface area (Å²) in [5.41, 5.74) is 3.04. The molecule has 1 aliphatic carbocycles. The van der Waals surface area contributed by atoms with Gasteiger partial charge in [-0.05, 0) is 46.9 Å². The molecule has 4 nitrogen and oxygen atoms in total. The second-order valence-corrected chi connectivity index (χ2v) is 5.85. The van der Waals surface area contributed by atoms with Gasteiger partial charge in [-0.3, -0.25) is 0 Å². The van der Waals surface area contributed by atoms with Gasteiger partial charge in [-0.2, -0.15) is 0 Å². The van der Waals surface area contributed by atoms with Crippen LogP contribution in [0.15, 0.2) is 42.5 Å². The number of halogens is 3. The number of benzene rings is 2. The Morgan fingerprint density at radius 1 is 1.16 bits per heavy atom. The molecular formula is C18H15F3N2O2. The second kappa shape index (κ2) is 6.33. The number of nitrogens with one attached hydrogen (secondary N) is 2. The van der Waals surface area contributed by atoms with Crippen molar-refractivity contribution in [2.75, 3.05) is 0 Å². The van der Waals surface area contributed by atoms with Crippen LogP contribution in [-0.2, 0) is 6.42 Å². The van der Waals surface area contributed by atoms with Crippen LogP contribution in [0, 0.1) is 16.7 Å². The van der Waals surface area contributed by atoms with Gasteiger partial charge in [-0.1, -0.05) is 24.3 Å². The standard InChI is InChI=1S/C18H15F3N2O2/c19-18(20,21)25-13-4-2-11(3-5-13)17(24)15-8-12-7-10(9-22)1-6-14(12)16(15)23/h1-7,9,15,17,22-24H,8H2. The summed E-state index contributed by atoms with van der Waals surface area (Å²) in [6.07, 6.45) is -4.12. The van der Waals surface area contributed by atoms with Gasteiger partial charge in [0.05, 0.1) is 6.10 Å². The fraction of sp³-hybridized carbons (Fsp3) is 0.222. The third-order valence-electron chi connectivity index (χ3n) is 4.23. The summed E-state index contributed by atoms with van der Waals surface area (Å²) in [6, 6.07) is 10.3. The maximum atomic E-state index is 12.2. The van der Waals surface area contributed by atoms with Crippen molar-refractivity contribution in [3.63, 3.8) is 0 Å². The molecule has 0 saturated carbocycles. The molecule has 0 aliphatic heterocycles. The van der Waals surface area contributed by atoms with Gasteiger partial charge in [0.2, 0.25) is 0 Å². The zero-order valence-electron chi connectivity index (χ0n) is 13.0. The molecule has 130 valence electrons. The molecule has 0 aromatic heterocycles. The Morgan fingerprint density at radius 3 is 2.44 bits per heavy atom. The molecule has 2 atom stereocenters. The van der Waals surface area contributed by atoms with E-state index in [4.69, 9.17) is 10.8 Å². The Morgan fingerprint density at radius 2 is 1.84 bits per heavy atom. The molecule has 0 bridgehead atoms. The van der Waals surface area contributed by atoms with E-state index >= 15 is 0 Å². The number of aliphatic hydroxyl groups excluding tert-OH is 1. The second-order valence-electron chi connectivity index (χ2n) is 5.85. The van der Waals surface area contributed by atoms with Gasteiger partial charge < -0.3 is 20.7 Å². The van der Waals surface area contributed by atoms with E-state index in [2.05, 4.69) is 4.74 Å². The lowest BCUT2D eigenvalue weighted by molar-refractivity contribution is -0.274. The van der Waals surface area contributed by atoms with Crippen LogP contribution >= 0.6 is 0 Å². The average molecular weight is 348 g/mol. The first-order valence-electron chi connectivity index (χ1n) is 7.54. The molecule has 0 spiro atoms. The lowest BCUT2D eigenvalue weighted by atomic mass is 9.92. The minimum atomic E-state index is -4.76. The van der Waals surface area contributed by atoms with Gasteiger partial charge >= 0.3 is 6.36 Å². The summed E-state index contributed by atoms with van der Waals surface area (Å²) in [5, 5.41) is 26.1. The highest BCUT2D eigenvalue weighted by molar-refractivity contribution is 6.05. The SMILES string of the molecule is N=Cc1ccc2c(c1)CC(C(O)c1ccc(OC(F)(F)F)cc1)C2=N. The summed E-state index contributed by atoms with van der Waals surface area (Å²) < 4.78 is 40.4. The molecule has 0 amide bonds. The van der Waals surface area contributed by atoms with Crippen LogP contribution in [-0.4, -0.2) is 23.4 Å². The minimum absolute atomic E-state index is 0.287. The fourth-order valence-electron chi connectivity index (χ4n) is 3.04. The third-order valence-corrected chi connectivity index (χ3v) is 4.23. The van der Waals surface area contributed by atoms with E-state index in [0.717, 1.165) is 28.8 Å². The largest absolute Gasteiger partial charge is 0.573 e. The highest BCUT2D eigenvalue weighted by Gasteiger charge is 2.34. The highest BCUT2D eigenvalue weighted by atomic mass is 19.4. The van der Waals surface area contributed by atoms with Crippen LogP contribution in [0.2, 0.25) is 0 Å². The Kier molecular flexibility index (Phi) is 4.34. The van der Waals surface area contributed by atoms with Gasteiger partial charge in [0.1, 0.15) is 5.75 Å². The molecular weight excluding hydrogens is 333 g/mol. The van der Waals surface area contributed by atoms with Crippen molar-refractivity contribution in [1.82, 2.24) is 0 Å². The third kappa shape index (κ3) is 3.56. The number of ether oxygens (including phenoxy) is 1. The molecule has 25 heavy (non-hydrogen) atoms. The van der Waals surface area contributed by atoms with E-state index in [1.165, 1.54) is 18.3 Å². The summed E-state index contributed by atoms with van der Waals surface area (Å²) in [5.74, 6) is -0.839. The minimum Gasteiger partial charge on any atom is -0.406 e. The van der Waals surface area contributed by atoms with Crippen molar-refractivity contribution < 1.29 is 23.0 Å². The van der Waals surface area contributed by atoms with Crippen LogP contribution < -0.4 is 4.74 Å². The molecule has 2 aromatic carbocycles. The van der Waals surface area contributed by atoms with Crippen molar-refractivity contribution >= 4 is 11.9 Å². The van der Waals surface area contributed by atoms with E-state index in [1.54, 1.807) is 12.1 Å². The van der Waals surface area contributed by atoms with Crippen molar-refractivity contribution in [2.45, 2.75) is 18.9 Å². The Bertz CT molecular complexity index is 816. The Labute approximate surface area is 141 Å². The molecule has 3 N–H and O–H groups in total. The van der Waals surface area contributed by atoms with Crippen LogP contribution in [0.4, 0.5) is 13.2 Å². The first-order chi connectivity index (χ1) is 11.8. The number of rotatable bonds is 4. The molecule has 2 aromatic rings. The van der Waals surface area contributed by atoms with Crippen LogP contribution in [0.1, 0.15) is 28.4 Å². The maximum absolute atomic E-state index is 12.2. The number of hydrogen-bond acceptors (Lipinski definition) is 4. The Hall–Kier alpha value is -2.67. The lowest BCUT2D eigenvalue weighted by Crippen LogP contribution is -2.19. The van der Waals surface area contributed by atoms with Crippen molar-refractivity contribution in [3.05, 3.63) is 64.7 Å². The van der Waals surface area contributed by atoms with Gasteiger partial charge in [-0.25, -0.2) is 0 Å². The van der Waals surface area contributed by atoms with Crippen LogP contribution in [0.3, 0.4) is 0 Å². The number of hydrogen-bond donors (Lipinski definition) is 3. The Balaban J connectivity index is 1.78. The van der Waals surface area contributed by atoms with Gasteiger partial charge in [-0.15, -0.1) is 13.2 Å².